The van der Waals surface area contributed by atoms with Gasteiger partial charge in [-0.2, -0.15) is 0 Å². The van der Waals surface area contributed by atoms with Gasteiger partial charge in [0, 0.05) is 12.6 Å². The van der Waals surface area contributed by atoms with Crippen molar-refractivity contribution in [2.45, 2.75) is 19.9 Å². The van der Waals surface area contributed by atoms with Crippen LogP contribution in [0.15, 0.2) is 27.9 Å². The molecule has 100 valence electrons. The molecule has 0 atom stereocenters. The summed E-state index contributed by atoms with van der Waals surface area (Å²) in [4.78, 5) is 8.78. The van der Waals surface area contributed by atoms with Crippen LogP contribution in [0.2, 0.25) is 0 Å². The molecule has 0 amide bonds. The van der Waals surface area contributed by atoms with E-state index < -0.39 is 0 Å². The Kier molecular flexibility index (Phi) is 3.18. The first kappa shape index (κ1) is 12.5. The lowest BCUT2D eigenvalue weighted by atomic mass is 10.2. The van der Waals surface area contributed by atoms with Crippen molar-refractivity contribution in [1.29, 1.82) is 0 Å². The maximum absolute atomic E-state index is 4.43. The van der Waals surface area contributed by atoms with Crippen molar-refractivity contribution in [2.75, 3.05) is 18.4 Å². The number of fused-ring (bicyclic) bond motifs is 1. The lowest BCUT2D eigenvalue weighted by molar-refractivity contribution is 0.617. The zero-order valence-corrected chi connectivity index (χ0v) is 12.5. The van der Waals surface area contributed by atoms with Crippen LogP contribution in [-0.2, 0) is 0 Å². The Labute approximate surface area is 120 Å². The van der Waals surface area contributed by atoms with Gasteiger partial charge in [-0.25, -0.2) is 4.98 Å². The zero-order chi connectivity index (χ0) is 13.4. The molecule has 0 radical (unpaired) electrons. The first-order chi connectivity index (χ1) is 9.16. The van der Waals surface area contributed by atoms with Crippen molar-refractivity contribution in [3.63, 3.8) is 0 Å². The summed E-state index contributed by atoms with van der Waals surface area (Å²) in [6.07, 6.45) is 1.88. The summed E-state index contributed by atoms with van der Waals surface area (Å²) < 4.78 is 3.18. The molecule has 0 saturated carbocycles. The third-order valence-corrected chi connectivity index (χ3v) is 3.96. The third-order valence-electron chi connectivity index (χ3n) is 3.16. The number of aliphatic imine (C=N–C) groups is 1. The molecule has 0 unspecified atom stereocenters. The van der Waals surface area contributed by atoms with Crippen LogP contribution >= 0.6 is 15.9 Å². The lowest BCUT2D eigenvalue weighted by Crippen LogP contribution is -2.26. The van der Waals surface area contributed by atoms with Crippen LogP contribution in [0, 0.1) is 0 Å². The summed E-state index contributed by atoms with van der Waals surface area (Å²) in [7, 11) is 0. The molecule has 1 aliphatic heterocycles. The van der Waals surface area contributed by atoms with Crippen LogP contribution in [0.4, 0.5) is 5.69 Å². The normalized spacial score (nSPS) is 14.8. The second-order valence-electron chi connectivity index (χ2n) is 4.82. The van der Waals surface area contributed by atoms with Gasteiger partial charge < -0.3 is 15.2 Å². The molecule has 0 bridgehead atoms. The van der Waals surface area contributed by atoms with E-state index >= 15 is 0 Å². The zero-order valence-electron chi connectivity index (χ0n) is 10.9. The fraction of sp³-hybridized carbons (Fsp3) is 0.385. The predicted octanol–water partition coefficient (Wildman–Crippen LogP) is 2.75. The highest BCUT2D eigenvalue weighted by Crippen LogP contribution is 2.32. The van der Waals surface area contributed by atoms with E-state index in [0.717, 1.165) is 40.2 Å². The van der Waals surface area contributed by atoms with Gasteiger partial charge in [0.2, 0.25) is 0 Å². The first-order valence-electron chi connectivity index (χ1n) is 6.37. The number of nitrogens with zero attached hydrogens (tertiary/aromatic N) is 3. The van der Waals surface area contributed by atoms with E-state index in [9.17, 15) is 0 Å². The Morgan fingerprint density at radius 1 is 1.42 bits per heavy atom. The monoisotopic (exact) mass is 321 g/mol. The Balaban J connectivity index is 2.06. The number of rotatable bonds is 2. The molecular formula is C13H16BrN5. The number of guanidine groups is 1. The van der Waals surface area contributed by atoms with Gasteiger partial charge in [0.15, 0.2) is 5.96 Å². The number of hydrogen-bond donors (Lipinski definition) is 2. The summed E-state index contributed by atoms with van der Waals surface area (Å²) in [5, 5.41) is 6.52. The van der Waals surface area contributed by atoms with Gasteiger partial charge in [0.05, 0.1) is 34.1 Å². The number of hydrogen-bond acceptors (Lipinski definition) is 4. The summed E-state index contributed by atoms with van der Waals surface area (Å²) >= 11 is 3.68. The Hall–Kier alpha value is -1.56. The molecule has 1 aliphatic rings. The minimum Gasteiger partial charge on any atom is -0.354 e. The fourth-order valence-corrected chi connectivity index (χ4v) is 2.82. The molecule has 0 fully saturated rings. The summed E-state index contributed by atoms with van der Waals surface area (Å²) in [5.74, 6) is 0.829. The lowest BCUT2D eigenvalue weighted by Gasteiger charge is -2.13. The average molecular weight is 322 g/mol. The van der Waals surface area contributed by atoms with Gasteiger partial charge in [-0.3, -0.25) is 4.99 Å². The number of benzene rings is 1. The third kappa shape index (κ3) is 2.20. The number of halogens is 1. The van der Waals surface area contributed by atoms with E-state index in [1.165, 1.54) is 0 Å². The summed E-state index contributed by atoms with van der Waals surface area (Å²) in [6, 6.07) is 4.42. The maximum Gasteiger partial charge on any atom is 0.195 e. The molecule has 2 aromatic rings. The number of anilines is 1. The highest BCUT2D eigenvalue weighted by Gasteiger charge is 2.14. The Bertz CT molecular complexity index is 644. The van der Waals surface area contributed by atoms with Crippen molar-refractivity contribution in [2.24, 2.45) is 4.99 Å². The number of nitrogens with one attached hydrogen (secondary N) is 2. The van der Waals surface area contributed by atoms with E-state index in [4.69, 9.17) is 0 Å². The van der Waals surface area contributed by atoms with Crippen LogP contribution < -0.4 is 10.6 Å². The van der Waals surface area contributed by atoms with Crippen LogP contribution in [0.25, 0.3) is 11.0 Å². The van der Waals surface area contributed by atoms with E-state index in [1.54, 1.807) is 0 Å². The largest absolute Gasteiger partial charge is 0.354 e. The van der Waals surface area contributed by atoms with Gasteiger partial charge in [-0.1, -0.05) is 0 Å². The molecule has 0 saturated heterocycles. The van der Waals surface area contributed by atoms with Crippen LogP contribution in [-0.4, -0.2) is 28.6 Å². The Morgan fingerprint density at radius 3 is 2.95 bits per heavy atom. The van der Waals surface area contributed by atoms with E-state index in [-0.39, 0.29) is 0 Å². The standard InChI is InChI=1S/C13H16BrN5/c1-8(2)19-7-17-10-4-3-9(11(14)12(10)19)18-13-15-5-6-16-13/h3-4,7-8H,5-6H2,1-2H3,(H2,15,16,18). The van der Waals surface area contributed by atoms with E-state index in [0.29, 0.717) is 6.04 Å². The molecule has 1 aromatic carbocycles. The predicted molar refractivity (Wildman–Crippen MR) is 81.7 cm³/mol. The van der Waals surface area contributed by atoms with Gasteiger partial charge in [-0.15, -0.1) is 0 Å². The second kappa shape index (κ2) is 4.85. The second-order valence-corrected chi connectivity index (χ2v) is 5.62. The van der Waals surface area contributed by atoms with Crippen LogP contribution in [0.5, 0.6) is 0 Å². The van der Waals surface area contributed by atoms with Crippen molar-refractivity contribution < 1.29 is 0 Å². The smallest absolute Gasteiger partial charge is 0.195 e. The minimum absolute atomic E-state index is 0.374. The van der Waals surface area contributed by atoms with E-state index in [2.05, 4.69) is 55.0 Å². The van der Waals surface area contributed by atoms with Gasteiger partial charge >= 0.3 is 0 Å². The van der Waals surface area contributed by atoms with Gasteiger partial charge in [0.1, 0.15) is 0 Å². The maximum atomic E-state index is 4.43. The van der Waals surface area contributed by atoms with Crippen molar-refractivity contribution in [1.82, 2.24) is 14.9 Å². The molecule has 3 rings (SSSR count). The quantitative estimate of drug-likeness (QED) is 0.894. The van der Waals surface area contributed by atoms with Gasteiger partial charge in [0.25, 0.3) is 0 Å². The highest BCUT2D eigenvalue weighted by atomic mass is 79.9. The molecule has 2 heterocycles. The van der Waals surface area contributed by atoms with Crippen LogP contribution in [0.3, 0.4) is 0 Å². The highest BCUT2D eigenvalue weighted by molar-refractivity contribution is 9.10. The number of imidazole rings is 1. The van der Waals surface area contributed by atoms with Crippen molar-refractivity contribution >= 4 is 38.6 Å². The SMILES string of the molecule is CC(C)n1cnc2ccc(NC3=NCCN3)c(Br)c21. The molecule has 19 heavy (non-hydrogen) atoms. The minimum atomic E-state index is 0.374. The molecule has 0 spiro atoms. The van der Waals surface area contributed by atoms with Gasteiger partial charge in [-0.05, 0) is 41.9 Å². The van der Waals surface area contributed by atoms with Crippen LogP contribution in [0.1, 0.15) is 19.9 Å². The summed E-state index contributed by atoms with van der Waals surface area (Å²) in [5.41, 5.74) is 3.11. The molecule has 2 N–H and O–H groups in total. The number of aromatic nitrogens is 2. The van der Waals surface area contributed by atoms with Crippen molar-refractivity contribution in [3.05, 3.63) is 22.9 Å². The molecule has 0 aliphatic carbocycles. The molecule has 5 nitrogen and oxygen atoms in total. The fourth-order valence-electron chi connectivity index (χ4n) is 2.18. The molecular weight excluding hydrogens is 306 g/mol. The van der Waals surface area contributed by atoms with Crippen molar-refractivity contribution in [3.8, 4) is 0 Å². The molecule has 6 heteroatoms. The van der Waals surface area contributed by atoms with E-state index in [1.807, 2.05) is 18.5 Å². The topological polar surface area (TPSA) is 54.2 Å². The summed E-state index contributed by atoms with van der Waals surface area (Å²) in [6.45, 7) is 6.02. The Morgan fingerprint density at radius 2 is 2.26 bits per heavy atom. The average Bonchev–Trinajstić information content (AvgIpc) is 3.01. The first-order valence-corrected chi connectivity index (χ1v) is 7.16. The molecule has 1 aromatic heterocycles.